The van der Waals surface area contributed by atoms with E-state index in [1.165, 1.54) is 4.31 Å². The van der Waals surface area contributed by atoms with Gasteiger partial charge in [-0.2, -0.15) is 9.40 Å². The normalized spacial score (nSPS) is 15.9. The third-order valence-electron chi connectivity index (χ3n) is 4.78. The summed E-state index contributed by atoms with van der Waals surface area (Å²) >= 11 is 0. The lowest BCUT2D eigenvalue weighted by Gasteiger charge is -2.33. The lowest BCUT2D eigenvalue weighted by molar-refractivity contribution is 0.0693. The minimum absolute atomic E-state index is 0.0220. The van der Waals surface area contributed by atoms with Crippen LogP contribution in [0.15, 0.2) is 54.6 Å². The Morgan fingerprint density at radius 2 is 1.63 bits per heavy atom. The smallest absolute Gasteiger partial charge is 0.275 e. The number of nitrogens with one attached hydrogen (secondary N) is 1. The van der Waals surface area contributed by atoms with Crippen LogP contribution in [-0.4, -0.2) is 59.9 Å². The molecule has 0 bridgehead atoms. The van der Waals surface area contributed by atoms with Crippen LogP contribution < -0.4 is 0 Å². The number of H-pyrrole nitrogens is 1. The number of nitrogens with zero attached hydrogens (tertiary/aromatic N) is 3. The van der Waals surface area contributed by atoms with Crippen molar-refractivity contribution in [2.24, 2.45) is 0 Å². The van der Waals surface area contributed by atoms with Crippen molar-refractivity contribution in [2.75, 3.05) is 26.2 Å². The Hall–Kier alpha value is -2.71. The lowest BCUT2D eigenvalue weighted by Crippen LogP contribution is -2.50. The molecule has 0 unspecified atom stereocenters. The number of sulfonamides is 1. The summed E-state index contributed by atoms with van der Waals surface area (Å²) in [5.41, 5.74) is 1.95. The molecule has 1 aliphatic rings. The molecule has 2 heterocycles. The number of carbonyl (C=O) groups excluding carboxylic acids is 1. The van der Waals surface area contributed by atoms with E-state index in [0.29, 0.717) is 31.9 Å². The molecule has 7 nitrogen and oxygen atoms in total. The van der Waals surface area contributed by atoms with Crippen LogP contribution in [-0.2, 0) is 15.8 Å². The lowest BCUT2D eigenvalue weighted by atomic mass is 10.2. The van der Waals surface area contributed by atoms with Gasteiger partial charge in [-0.05, 0) is 11.6 Å². The Morgan fingerprint density at radius 1 is 0.963 bits per heavy atom. The van der Waals surface area contributed by atoms with E-state index in [2.05, 4.69) is 10.2 Å². The summed E-state index contributed by atoms with van der Waals surface area (Å²) in [6.07, 6.45) is 0. The standard InChI is InChI=1S/C19H20N4O3S/c24-19(18-16-8-4-5-9-17(16)20-21-18)22-10-12-23(13-11-22)27(25,26)14-15-6-2-1-3-7-15/h1-9H,10-14H2,(H,20,21). The second kappa shape index (κ2) is 7.13. The van der Waals surface area contributed by atoms with E-state index in [-0.39, 0.29) is 11.7 Å². The molecule has 0 spiro atoms. The van der Waals surface area contributed by atoms with Gasteiger partial charge < -0.3 is 4.90 Å². The molecule has 1 amide bonds. The maximum atomic E-state index is 12.8. The largest absolute Gasteiger partial charge is 0.335 e. The van der Waals surface area contributed by atoms with E-state index < -0.39 is 10.0 Å². The molecule has 1 aromatic heterocycles. The van der Waals surface area contributed by atoms with Gasteiger partial charge in [-0.15, -0.1) is 0 Å². The van der Waals surface area contributed by atoms with Crippen LogP contribution >= 0.6 is 0 Å². The molecule has 1 fully saturated rings. The third kappa shape index (κ3) is 3.58. The van der Waals surface area contributed by atoms with Gasteiger partial charge in [-0.3, -0.25) is 9.89 Å². The van der Waals surface area contributed by atoms with Gasteiger partial charge in [-0.25, -0.2) is 8.42 Å². The second-order valence-electron chi connectivity index (χ2n) is 6.55. The van der Waals surface area contributed by atoms with Crippen LogP contribution in [0.3, 0.4) is 0 Å². The first-order valence-corrected chi connectivity index (χ1v) is 10.4. The molecule has 1 N–H and O–H groups in total. The maximum Gasteiger partial charge on any atom is 0.275 e. The number of rotatable bonds is 4. The molecule has 4 rings (SSSR count). The molecule has 1 saturated heterocycles. The fourth-order valence-electron chi connectivity index (χ4n) is 3.32. The van der Waals surface area contributed by atoms with E-state index in [1.54, 1.807) is 17.0 Å². The Bertz CT molecular complexity index is 1050. The first kappa shape index (κ1) is 17.7. The zero-order valence-electron chi connectivity index (χ0n) is 14.7. The minimum atomic E-state index is -3.40. The van der Waals surface area contributed by atoms with Crippen LogP contribution in [0.2, 0.25) is 0 Å². The van der Waals surface area contributed by atoms with Crippen molar-refractivity contribution in [3.05, 3.63) is 65.9 Å². The summed E-state index contributed by atoms with van der Waals surface area (Å²) in [4.78, 5) is 14.5. The number of carbonyl (C=O) groups is 1. The molecule has 0 saturated carbocycles. The predicted octanol–water partition coefficient (Wildman–Crippen LogP) is 1.85. The molecule has 0 aliphatic carbocycles. The summed E-state index contributed by atoms with van der Waals surface area (Å²) in [6, 6.07) is 16.6. The highest BCUT2D eigenvalue weighted by Gasteiger charge is 2.30. The highest BCUT2D eigenvalue weighted by Crippen LogP contribution is 2.19. The van der Waals surface area contributed by atoms with Crippen molar-refractivity contribution in [1.82, 2.24) is 19.4 Å². The monoisotopic (exact) mass is 384 g/mol. The highest BCUT2D eigenvalue weighted by molar-refractivity contribution is 7.88. The van der Waals surface area contributed by atoms with Crippen LogP contribution in [0.4, 0.5) is 0 Å². The molecule has 140 valence electrons. The number of para-hydroxylation sites is 1. The van der Waals surface area contributed by atoms with Crippen molar-refractivity contribution in [2.45, 2.75) is 5.75 Å². The number of benzene rings is 2. The van der Waals surface area contributed by atoms with Crippen LogP contribution in [0.25, 0.3) is 10.9 Å². The first-order chi connectivity index (χ1) is 13.0. The zero-order valence-corrected chi connectivity index (χ0v) is 15.5. The van der Waals surface area contributed by atoms with Gasteiger partial charge >= 0.3 is 0 Å². The molecule has 3 aromatic rings. The first-order valence-electron chi connectivity index (χ1n) is 8.79. The molecular formula is C19H20N4O3S. The van der Waals surface area contributed by atoms with E-state index in [4.69, 9.17) is 0 Å². The Balaban J connectivity index is 1.43. The van der Waals surface area contributed by atoms with Crippen molar-refractivity contribution in [3.8, 4) is 0 Å². The molecular weight excluding hydrogens is 364 g/mol. The van der Waals surface area contributed by atoms with Gasteiger partial charge in [-0.1, -0.05) is 48.5 Å². The topological polar surface area (TPSA) is 86.4 Å². The van der Waals surface area contributed by atoms with Gasteiger partial charge in [0, 0.05) is 31.6 Å². The second-order valence-corrected chi connectivity index (χ2v) is 8.52. The Kier molecular flexibility index (Phi) is 4.67. The summed E-state index contributed by atoms with van der Waals surface area (Å²) in [6.45, 7) is 1.30. The van der Waals surface area contributed by atoms with Gasteiger partial charge in [0.05, 0.1) is 11.3 Å². The fraction of sp³-hybridized carbons (Fsp3) is 0.263. The van der Waals surface area contributed by atoms with Crippen molar-refractivity contribution in [3.63, 3.8) is 0 Å². The fourth-order valence-corrected chi connectivity index (χ4v) is 4.84. The van der Waals surface area contributed by atoms with Crippen LogP contribution in [0.1, 0.15) is 16.1 Å². The molecule has 2 aromatic carbocycles. The number of aromatic amines is 1. The number of hydrogen-bond donors (Lipinski definition) is 1. The average molecular weight is 384 g/mol. The van der Waals surface area contributed by atoms with E-state index in [0.717, 1.165) is 16.5 Å². The van der Waals surface area contributed by atoms with Gasteiger partial charge in [0.1, 0.15) is 0 Å². The predicted molar refractivity (Wildman–Crippen MR) is 103 cm³/mol. The quantitative estimate of drug-likeness (QED) is 0.744. The van der Waals surface area contributed by atoms with Crippen molar-refractivity contribution < 1.29 is 13.2 Å². The van der Waals surface area contributed by atoms with E-state index in [9.17, 15) is 13.2 Å². The van der Waals surface area contributed by atoms with E-state index >= 15 is 0 Å². The highest BCUT2D eigenvalue weighted by atomic mass is 32.2. The summed E-state index contributed by atoms with van der Waals surface area (Å²) in [5, 5.41) is 7.79. The minimum Gasteiger partial charge on any atom is -0.335 e. The zero-order chi connectivity index (χ0) is 18.9. The SMILES string of the molecule is O=C(c1n[nH]c2ccccc12)N1CCN(S(=O)(=O)Cc2ccccc2)CC1. The number of aromatic nitrogens is 2. The molecule has 0 radical (unpaired) electrons. The number of amides is 1. The number of hydrogen-bond acceptors (Lipinski definition) is 4. The van der Waals surface area contributed by atoms with Crippen LogP contribution in [0, 0.1) is 0 Å². The van der Waals surface area contributed by atoms with Gasteiger partial charge in [0.15, 0.2) is 5.69 Å². The van der Waals surface area contributed by atoms with Gasteiger partial charge in [0.2, 0.25) is 10.0 Å². The van der Waals surface area contributed by atoms with E-state index in [1.807, 2.05) is 42.5 Å². The molecule has 8 heteroatoms. The summed E-state index contributed by atoms with van der Waals surface area (Å²) in [5.74, 6) is -0.196. The van der Waals surface area contributed by atoms with Crippen molar-refractivity contribution in [1.29, 1.82) is 0 Å². The van der Waals surface area contributed by atoms with Crippen LogP contribution in [0.5, 0.6) is 0 Å². The maximum absolute atomic E-state index is 12.8. The summed E-state index contributed by atoms with van der Waals surface area (Å²) in [7, 11) is -3.40. The summed E-state index contributed by atoms with van der Waals surface area (Å²) < 4.78 is 26.7. The number of piperazine rings is 1. The average Bonchev–Trinajstić information content (AvgIpc) is 3.12. The Morgan fingerprint density at radius 3 is 2.37 bits per heavy atom. The molecule has 1 aliphatic heterocycles. The Labute approximate surface area is 157 Å². The van der Waals surface area contributed by atoms with Crippen molar-refractivity contribution >= 4 is 26.8 Å². The number of fused-ring (bicyclic) bond motifs is 1. The molecule has 0 atom stereocenters. The molecule has 27 heavy (non-hydrogen) atoms. The third-order valence-corrected chi connectivity index (χ3v) is 6.63. The van der Waals surface area contributed by atoms with Gasteiger partial charge in [0.25, 0.3) is 5.91 Å².